The molecule has 11 heteroatoms. The van der Waals surface area contributed by atoms with Crippen LogP contribution in [0.4, 0.5) is 5.95 Å². The molecule has 0 unspecified atom stereocenters. The van der Waals surface area contributed by atoms with Crippen molar-refractivity contribution in [3.63, 3.8) is 0 Å². The summed E-state index contributed by atoms with van der Waals surface area (Å²) >= 11 is 0. The third-order valence-electron chi connectivity index (χ3n) is 10.7. The summed E-state index contributed by atoms with van der Waals surface area (Å²) < 4.78 is 42.9. The van der Waals surface area contributed by atoms with Gasteiger partial charge in [0.2, 0.25) is 17.5 Å². The molecule has 9 rings (SSSR count). The molecule has 0 amide bonds. The van der Waals surface area contributed by atoms with Crippen LogP contribution in [0.5, 0.6) is 5.88 Å². The molecule has 50 heavy (non-hydrogen) atoms. The van der Waals surface area contributed by atoms with E-state index in [-0.39, 0.29) is 27.7 Å². The van der Waals surface area contributed by atoms with Gasteiger partial charge in [0.05, 0.1) is 22.5 Å². The van der Waals surface area contributed by atoms with Crippen LogP contribution in [0.15, 0.2) is 70.1 Å². The lowest BCUT2D eigenvalue weighted by Crippen LogP contribution is -2.62. The molecule has 0 spiro atoms. The van der Waals surface area contributed by atoms with Crippen LogP contribution in [0.1, 0.15) is 81.5 Å². The molecule has 3 fully saturated rings. The highest BCUT2D eigenvalue weighted by molar-refractivity contribution is 7.92. The fourth-order valence-corrected chi connectivity index (χ4v) is 9.71. The Kier molecular flexibility index (Phi) is 7.61. The highest BCUT2D eigenvalue weighted by Crippen LogP contribution is 2.75. The first kappa shape index (κ1) is 32.8. The SMILES string of the molecule is Cc1cccc(C)c1-c1cc2nc(n1)NS(=O)(=O)c1cccc(c1)CN(Cc1cnc3oc(C(C)(C)C)cc3n1)[C@H](CC13CC(C)(C1)C3)CO2. The maximum Gasteiger partial charge on any atom is 0.264 e. The second-order valence-corrected chi connectivity index (χ2v) is 17.9. The first-order valence-electron chi connectivity index (χ1n) is 17.4. The van der Waals surface area contributed by atoms with Gasteiger partial charge in [-0.05, 0) is 79.2 Å². The zero-order valence-corrected chi connectivity index (χ0v) is 30.4. The van der Waals surface area contributed by atoms with E-state index in [1.165, 1.54) is 19.3 Å². The molecule has 4 aliphatic rings. The summed E-state index contributed by atoms with van der Waals surface area (Å²) in [4.78, 5) is 21.5. The summed E-state index contributed by atoms with van der Waals surface area (Å²) in [5.41, 5.74) is 7.08. The lowest BCUT2D eigenvalue weighted by molar-refractivity contribution is -0.204. The monoisotopic (exact) mass is 692 g/mol. The van der Waals surface area contributed by atoms with Crippen LogP contribution in [0.25, 0.3) is 22.5 Å². The van der Waals surface area contributed by atoms with Gasteiger partial charge in [0.1, 0.15) is 17.9 Å². The molecule has 3 aliphatic carbocycles. The molecule has 1 aliphatic heterocycles. The third kappa shape index (κ3) is 6.15. The topological polar surface area (TPSA) is 123 Å². The van der Waals surface area contributed by atoms with Gasteiger partial charge >= 0.3 is 0 Å². The van der Waals surface area contributed by atoms with E-state index in [4.69, 9.17) is 19.1 Å². The van der Waals surface area contributed by atoms with Gasteiger partial charge in [-0.1, -0.05) is 58.0 Å². The third-order valence-corrected chi connectivity index (χ3v) is 12.0. The van der Waals surface area contributed by atoms with E-state index in [0.29, 0.717) is 42.4 Å². The van der Waals surface area contributed by atoms with Crippen molar-refractivity contribution < 1.29 is 17.6 Å². The lowest BCUT2D eigenvalue weighted by atomic mass is 9.35. The normalized spacial score (nSPS) is 24.5. The van der Waals surface area contributed by atoms with Crippen molar-refractivity contribution in [1.29, 1.82) is 0 Å². The van der Waals surface area contributed by atoms with Gasteiger partial charge < -0.3 is 9.15 Å². The van der Waals surface area contributed by atoms with Crippen LogP contribution in [-0.4, -0.2) is 45.9 Å². The summed E-state index contributed by atoms with van der Waals surface area (Å²) in [7, 11) is -4.01. The van der Waals surface area contributed by atoms with Gasteiger partial charge in [0.25, 0.3) is 10.0 Å². The van der Waals surface area contributed by atoms with E-state index in [1.807, 2.05) is 50.2 Å². The smallest absolute Gasteiger partial charge is 0.264 e. The molecule has 1 N–H and O–H groups in total. The maximum absolute atomic E-state index is 13.8. The highest BCUT2D eigenvalue weighted by Gasteiger charge is 2.65. The second-order valence-electron chi connectivity index (χ2n) is 16.3. The second kappa shape index (κ2) is 11.6. The van der Waals surface area contributed by atoms with Gasteiger partial charge in [0.15, 0.2) is 0 Å². The molecule has 2 aromatic carbocycles. The average molecular weight is 693 g/mol. The van der Waals surface area contributed by atoms with Crippen LogP contribution in [0, 0.1) is 24.7 Å². The fraction of sp³-hybridized carbons (Fsp3) is 0.436. The van der Waals surface area contributed by atoms with E-state index >= 15 is 0 Å². The molecule has 6 bridgehead atoms. The number of fused-ring (bicyclic) bond motifs is 5. The standard InChI is InChI=1S/C39H44N6O4S/c1-24-9-7-10-25(2)34(24)30-15-33-43-36(42-30)44-50(46,47)29-12-8-11-26(13-29)18-45(28(20-48-33)16-39-21-38(6,22-39)23-39)19-27-17-40-35-31(41-27)14-32(49-35)37(3,4)5/h7-15,17,28H,16,18-23H2,1-6H3,(H,42,43,44)/t28-,38?,39?/m1/s1. The van der Waals surface area contributed by atoms with Crippen molar-refractivity contribution in [3.05, 3.63) is 88.9 Å². The van der Waals surface area contributed by atoms with Crippen LogP contribution in [0.3, 0.4) is 0 Å². The Balaban J connectivity index is 1.21. The molecule has 1 atom stereocenters. The molecular weight excluding hydrogens is 649 g/mol. The van der Waals surface area contributed by atoms with Gasteiger partial charge in [-0.3, -0.25) is 4.90 Å². The number of sulfonamides is 1. The van der Waals surface area contributed by atoms with Gasteiger partial charge in [0, 0.05) is 42.2 Å². The summed E-state index contributed by atoms with van der Waals surface area (Å²) in [6, 6.07) is 16.9. The number of hydrogen-bond acceptors (Lipinski definition) is 9. The number of aromatic nitrogens is 4. The summed E-state index contributed by atoms with van der Waals surface area (Å²) in [6.07, 6.45) is 6.39. The first-order valence-corrected chi connectivity index (χ1v) is 18.8. The molecule has 4 heterocycles. The Morgan fingerprint density at radius 2 is 1.72 bits per heavy atom. The van der Waals surface area contributed by atoms with E-state index in [9.17, 15) is 8.42 Å². The maximum atomic E-state index is 13.8. The van der Waals surface area contributed by atoms with Crippen molar-refractivity contribution in [2.24, 2.45) is 10.8 Å². The molecule has 0 saturated heterocycles. The quantitative estimate of drug-likeness (QED) is 0.197. The molecule has 3 saturated carbocycles. The predicted molar refractivity (Wildman–Crippen MR) is 192 cm³/mol. The Hall–Kier alpha value is -4.35. The van der Waals surface area contributed by atoms with E-state index in [0.717, 1.165) is 45.6 Å². The number of ether oxygens (including phenoxy) is 1. The highest BCUT2D eigenvalue weighted by atomic mass is 32.2. The lowest BCUT2D eigenvalue weighted by Gasteiger charge is -2.71. The van der Waals surface area contributed by atoms with Gasteiger partial charge in [-0.15, -0.1) is 0 Å². The minimum absolute atomic E-state index is 0.0112. The number of benzene rings is 2. The molecule has 260 valence electrons. The van der Waals surface area contributed by atoms with Crippen molar-refractivity contribution in [2.45, 2.75) is 96.7 Å². The van der Waals surface area contributed by atoms with Crippen LogP contribution in [-0.2, 0) is 28.5 Å². The van der Waals surface area contributed by atoms with Crippen LogP contribution < -0.4 is 9.46 Å². The van der Waals surface area contributed by atoms with Crippen molar-refractivity contribution in [1.82, 2.24) is 24.8 Å². The number of furan rings is 1. The first-order chi connectivity index (χ1) is 23.7. The summed E-state index contributed by atoms with van der Waals surface area (Å²) in [5.74, 6) is 1.14. The minimum atomic E-state index is -4.01. The number of nitrogens with zero attached hydrogens (tertiary/aromatic N) is 5. The number of anilines is 1. The van der Waals surface area contributed by atoms with Crippen molar-refractivity contribution in [3.8, 4) is 17.1 Å². The number of hydrogen-bond donors (Lipinski definition) is 1. The van der Waals surface area contributed by atoms with Gasteiger partial charge in [-0.25, -0.2) is 28.1 Å². The molecular formula is C39H44N6O4S. The summed E-state index contributed by atoms with van der Waals surface area (Å²) in [6.45, 7) is 14.1. The predicted octanol–water partition coefficient (Wildman–Crippen LogP) is 7.74. The zero-order chi connectivity index (χ0) is 35.1. The van der Waals surface area contributed by atoms with Crippen LogP contribution in [0.2, 0.25) is 0 Å². The minimum Gasteiger partial charge on any atom is -0.476 e. The Bertz CT molecular complexity index is 2200. The number of nitrogens with one attached hydrogen (secondary N) is 1. The zero-order valence-electron chi connectivity index (χ0n) is 29.6. The Morgan fingerprint density at radius 3 is 2.44 bits per heavy atom. The average Bonchev–Trinajstić information content (AvgIpc) is 3.45. The van der Waals surface area contributed by atoms with Crippen molar-refractivity contribution in [2.75, 3.05) is 11.3 Å². The van der Waals surface area contributed by atoms with E-state index in [2.05, 4.69) is 47.3 Å². The van der Waals surface area contributed by atoms with E-state index in [1.54, 1.807) is 24.4 Å². The molecule has 3 aromatic heterocycles. The van der Waals surface area contributed by atoms with Gasteiger partial charge in [-0.2, -0.15) is 4.98 Å². The molecule has 0 radical (unpaired) electrons. The van der Waals surface area contributed by atoms with Crippen molar-refractivity contribution >= 4 is 27.2 Å². The molecule has 10 nitrogen and oxygen atoms in total. The van der Waals surface area contributed by atoms with E-state index < -0.39 is 10.0 Å². The fourth-order valence-electron chi connectivity index (χ4n) is 8.70. The largest absolute Gasteiger partial charge is 0.476 e. The summed E-state index contributed by atoms with van der Waals surface area (Å²) in [5, 5.41) is 0. The Morgan fingerprint density at radius 1 is 0.980 bits per heavy atom. The Labute approximate surface area is 293 Å². The number of rotatable bonds is 5. The number of aryl methyl sites for hydroxylation is 2. The molecule has 5 aromatic rings. The van der Waals surface area contributed by atoms with Crippen LogP contribution >= 0.6 is 0 Å².